The van der Waals surface area contributed by atoms with Gasteiger partial charge in [0.1, 0.15) is 0 Å². The van der Waals surface area contributed by atoms with E-state index in [1.54, 1.807) is 24.3 Å². The SMILES string of the molecule is C#CCN(CC(=O)O)Cc1nnc(-c2ccc(Cl)cc2)o1. The normalized spacial score (nSPS) is 10.5. The van der Waals surface area contributed by atoms with Crippen molar-refractivity contribution in [1.82, 2.24) is 15.1 Å². The Labute approximate surface area is 126 Å². The second-order valence-electron chi connectivity index (χ2n) is 4.25. The molecule has 21 heavy (non-hydrogen) atoms. The van der Waals surface area contributed by atoms with Crippen LogP contribution in [0.5, 0.6) is 0 Å². The maximum atomic E-state index is 10.7. The highest BCUT2D eigenvalue weighted by atomic mass is 35.5. The molecule has 0 radical (unpaired) electrons. The fourth-order valence-electron chi connectivity index (χ4n) is 1.71. The number of rotatable bonds is 6. The summed E-state index contributed by atoms with van der Waals surface area (Å²) in [5.41, 5.74) is 0.736. The van der Waals surface area contributed by atoms with Crippen LogP contribution in [-0.4, -0.2) is 39.3 Å². The van der Waals surface area contributed by atoms with E-state index < -0.39 is 5.97 Å². The van der Waals surface area contributed by atoms with Crippen molar-refractivity contribution in [2.24, 2.45) is 0 Å². The first kappa shape index (κ1) is 15.0. The molecule has 7 heteroatoms. The topological polar surface area (TPSA) is 79.5 Å². The number of carbonyl (C=O) groups is 1. The number of aromatic nitrogens is 2. The largest absolute Gasteiger partial charge is 0.480 e. The molecule has 1 N–H and O–H groups in total. The molecule has 108 valence electrons. The van der Waals surface area contributed by atoms with E-state index >= 15 is 0 Å². The van der Waals surface area contributed by atoms with E-state index in [4.69, 9.17) is 27.5 Å². The monoisotopic (exact) mass is 305 g/mol. The zero-order valence-electron chi connectivity index (χ0n) is 11.0. The number of aliphatic carboxylic acids is 1. The predicted molar refractivity (Wildman–Crippen MR) is 76.5 cm³/mol. The number of carboxylic acids is 1. The van der Waals surface area contributed by atoms with E-state index in [2.05, 4.69) is 16.1 Å². The number of hydrogen-bond acceptors (Lipinski definition) is 5. The molecule has 1 heterocycles. The zero-order chi connectivity index (χ0) is 15.2. The van der Waals surface area contributed by atoms with Crippen molar-refractivity contribution in [3.63, 3.8) is 0 Å². The summed E-state index contributed by atoms with van der Waals surface area (Å²) in [7, 11) is 0. The Balaban J connectivity index is 2.10. The van der Waals surface area contributed by atoms with E-state index in [9.17, 15) is 4.79 Å². The third-order valence-corrected chi connectivity index (χ3v) is 2.84. The Morgan fingerprint density at radius 3 is 2.71 bits per heavy atom. The summed E-state index contributed by atoms with van der Waals surface area (Å²) in [5.74, 6) is 2.07. The van der Waals surface area contributed by atoms with Crippen molar-refractivity contribution in [2.75, 3.05) is 13.1 Å². The van der Waals surface area contributed by atoms with Crippen molar-refractivity contribution in [3.8, 4) is 23.8 Å². The van der Waals surface area contributed by atoms with E-state index in [0.29, 0.717) is 16.8 Å². The predicted octanol–water partition coefficient (Wildman–Crippen LogP) is 1.91. The highest BCUT2D eigenvalue weighted by molar-refractivity contribution is 6.30. The highest BCUT2D eigenvalue weighted by Crippen LogP contribution is 2.20. The molecule has 0 aliphatic rings. The fourth-order valence-corrected chi connectivity index (χ4v) is 1.83. The van der Waals surface area contributed by atoms with E-state index in [1.807, 2.05) is 0 Å². The van der Waals surface area contributed by atoms with Gasteiger partial charge >= 0.3 is 5.97 Å². The minimum Gasteiger partial charge on any atom is -0.480 e. The lowest BCUT2D eigenvalue weighted by Gasteiger charge is -2.14. The minimum atomic E-state index is -0.970. The molecule has 0 aliphatic carbocycles. The molecule has 6 nitrogen and oxygen atoms in total. The molecule has 0 amide bonds. The molecule has 2 rings (SSSR count). The molecule has 0 unspecified atom stereocenters. The van der Waals surface area contributed by atoms with Crippen molar-refractivity contribution in [1.29, 1.82) is 0 Å². The van der Waals surface area contributed by atoms with Gasteiger partial charge in [0.2, 0.25) is 11.8 Å². The number of nitrogens with zero attached hydrogens (tertiary/aromatic N) is 3. The van der Waals surface area contributed by atoms with Crippen molar-refractivity contribution < 1.29 is 14.3 Å². The molecular formula is C14H12ClN3O3. The smallest absolute Gasteiger partial charge is 0.317 e. The lowest BCUT2D eigenvalue weighted by Crippen LogP contribution is -2.29. The van der Waals surface area contributed by atoms with E-state index in [0.717, 1.165) is 5.56 Å². The van der Waals surface area contributed by atoms with Crippen molar-refractivity contribution in [2.45, 2.75) is 6.54 Å². The van der Waals surface area contributed by atoms with Gasteiger partial charge in [-0.3, -0.25) is 9.69 Å². The van der Waals surface area contributed by atoms with Gasteiger partial charge in [-0.15, -0.1) is 16.6 Å². The first-order valence-electron chi connectivity index (χ1n) is 6.04. The van der Waals surface area contributed by atoms with Crippen LogP contribution in [0.2, 0.25) is 5.02 Å². The Bertz CT molecular complexity index is 661. The Morgan fingerprint density at radius 2 is 2.10 bits per heavy atom. The van der Waals surface area contributed by atoms with Crippen LogP contribution in [0.1, 0.15) is 5.89 Å². The van der Waals surface area contributed by atoms with Gasteiger partial charge < -0.3 is 9.52 Å². The van der Waals surface area contributed by atoms with Gasteiger partial charge in [0.15, 0.2) is 0 Å². The summed E-state index contributed by atoms with van der Waals surface area (Å²) in [6.45, 7) is 0.172. The molecular weight excluding hydrogens is 294 g/mol. The third-order valence-electron chi connectivity index (χ3n) is 2.59. The summed E-state index contributed by atoms with van der Waals surface area (Å²) in [4.78, 5) is 12.3. The highest BCUT2D eigenvalue weighted by Gasteiger charge is 2.14. The third kappa shape index (κ3) is 4.31. The number of benzene rings is 1. The van der Waals surface area contributed by atoms with Crippen LogP contribution in [-0.2, 0) is 11.3 Å². The average Bonchev–Trinajstić information content (AvgIpc) is 2.87. The summed E-state index contributed by atoms with van der Waals surface area (Å²) in [6.07, 6.45) is 5.21. The number of hydrogen-bond donors (Lipinski definition) is 1. The summed E-state index contributed by atoms with van der Waals surface area (Å²) >= 11 is 5.81. The molecule has 0 atom stereocenters. The lowest BCUT2D eigenvalue weighted by molar-refractivity contribution is -0.138. The first-order valence-corrected chi connectivity index (χ1v) is 6.42. The maximum absolute atomic E-state index is 10.7. The van der Waals surface area contributed by atoms with Gasteiger partial charge in [-0.1, -0.05) is 17.5 Å². The van der Waals surface area contributed by atoms with Crippen LogP contribution in [0, 0.1) is 12.3 Å². The van der Waals surface area contributed by atoms with Crippen LogP contribution in [0.25, 0.3) is 11.5 Å². The van der Waals surface area contributed by atoms with E-state index in [1.165, 1.54) is 4.90 Å². The van der Waals surface area contributed by atoms with Gasteiger partial charge in [-0.2, -0.15) is 0 Å². The fraction of sp³-hybridized carbons (Fsp3) is 0.214. The van der Waals surface area contributed by atoms with Crippen molar-refractivity contribution in [3.05, 3.63) is 35.2 Å². The molecule has 0 saturated carbocycles. The molecule has 2 aromatic rings. The summed E-state index contributed by atoms with van der Waals surface area (Å²) < 4.78 is 5.50. The second-order valence-corrected chi connectivity index (χ2v) is 4.69. The molecule has 1 aromatic carbocycles. The van der Waals surface area contributed by atoms with Crippen LogP contribution in [0.15, 0.2) is 28.7 Å². The lowest BCUT2D eigenvalue weighted by atomic mass is 10.2. The number of terminal acetylenes is 1. The molecule has 0 saturated heterocycles. The van der Waals surface area contributed by atoms with Crippen LogP contribution in [0.3, 0.4) is 0 Å². The molecule has 0 fully saturated rings. The standard InChI is InChI=1S/C14H12ClN3O3/c1-2-7-18(9-13(19)20)8-12-16-17-14(21-12)10-3-5-11(15)6-4-10/h1,3-6H,7-9H2,(H,19,20). The summed E-state index contributed by atoms with van der Waals surface area (Å²) in [6, 6.07) is 6.96. The quantitative estimate of drug-likeness (QED) is 0.821. The first-order chi connectivity index (χ1) is 10.1. The molecule has 0 bridgehead atoms. The molecule has 1 aromatic heterocycles. The summed E-state index contributed by atoms with van der Waals surface area (Å²) in [5, 5.41) is 17.2. The van der Waals surface area contributed by atoms with Gasteiger partial charge in [0.25, 0.3) is 0 Å². The van der Waals surface area contributed by atoms with Gasteiger partial charge in [0, 0.05) is 10.6 Å². The van der Waals surface area contributed by atoms with E-state index in [-0.39, 0.29) is 19.6 Å². The Morgan fingerprint density at radius 1 is 1.38 bits per heavy atom. The Kier molecular flexibility index (Phi) is 4.93. The maximum Gasteiger partial charge on any atom is 0.317 e. The van der Waals surface area contributed by atoms with Crippen molar-refractivity contribution >= 4 is 17.6 Å². The number of halogens is 1. The average molecular weight is 306 g/mol. The minimum absolute atomic E-state index is 0.178. The number of carboxylic acid groups (broad SMARTS) is 1. The molecule has 0 aliphatic heterocycles. The van der Waals surface area contributed by atoms with Gasteiger partial charge in [-0.05, 0) is 24.3 Å². The van der Waals surface area contributed by atoms with Crippen LogP contribution >= 0.6 is 11.6 Å². The second kappa shape index (κ2) is 6.88. The Hall–Kier alpha value is -2.36. The van der Waals surface area contributed by atoms with Gasteiger partial charge in [-0.25, -0.2) is 0 Å². The van der Waals surface area contributed by atoms with Crippen LogP contribution < -0.4 is 0 Å². The van der Waals surface area contributed by atoms with Crippen LogP contribution in [0.4, 0.5) is 0 Å². The zero-order valence-corrected chi connectivity index (χ0v) is 11.7. The molecule has 0 spiro atoms. The van der Waals surface area contributed by atoms with Gasteiger partial charge in [0.05, 0.1) is 19.6 Å².